The highest BCUT2D eigenvalue weighted by Crippen LogP contribution is 2.20. The second-order valence-electron chi connectivity index (χ2n) is 4.04. The van der Waals surface area contributed by atoms with Gasteiger partial charge in [0.15, 0.2) is 0 Å². The molecule has 2 heterocycles. The van der Waals surface area contributed by atoms with Crippen LogP contribution in [0.5, 0.6) is 0 Å². The van der Waals surface area contributed by atoms with Crippen molar-refractivity contribution in [3.8, 4) is 0 Å². The van der Waals surface area contributed by atoms with Crippen molar-refractivity contribution >= 4 is 11.9 Å². The van der Waals surface area contributed by atoms with Gasteiger partial charge in [-0.15, -0.1) is 0 Å². The van der Waals surface area contributed by atoms with E-state index in [1.165, 1.54) is 11.2 Å². The predicted octanol–water partition coefficient (Wildman–Crippen LogP) is 0.285. The first-order chi connectivity index (χ1) is 8.13. The van der Waals surface area contributed by atoms with Crippen LogP contribution in [0.4, 0.5) is 0 Å². The molecule has 1 unspecified atom stereocenters. The molecule has 92 valence electrons. The molecular formula is C11H14N2O4. The Kier molecular flexibility index (Phi) is 3.14. The molecule has 1 saturated heterocycles. The highest BCUT2D eigenvalue weighted by atomic mass is 16.4. The van der Waals surface area contributed by atoms with Gasteiger partial charge in [0.05, 0.1) is 24.3 Å². The topological polar surface area (TPSA) is 96.8 Å². The number of rotatable bonds is 3. The summed E-state index contributed by atoms with van der Waals surface area (Å²) in [6.07, 6.45) is 1.91. The summed E-state index contributed by atoms with van der Waals surface area (Å²) in [6, 6.07) is 1.57. The van der Waals surface area contributed by atoms with Gasteiger partial charge in [-0.25, -0.2) is 0 Å². The molecule has 0 aliphatic carbocycles. The third-order valence-electron chi connectivity index (χ3n) is 2.99. The second-order valence-corrected chi connectivity index (χ2v) is 4.04. The number of carboxylic acids is 1. The fourth-order valence-electron chi connectivity index (χ4n) is 2.01. The van der Waals surface area contributed by atoms with Crippen LogP contribution in [0.2, 0.25) is 0 Å². The Bertz CT molecular complexity index is 440. The predicted molar refractivity (Wildman–Crippen MR) is 58.2 cm³/mol. The van der Waals surface area contributed by atoms with Gasteiger partial charge in [0.1, 0.15) is 5.76 Å². The number of hydrogen-bond donors (Lipinski definition) is 2. The summed E-state index contributed by atoms with van der Waals surface area (Å²) in [7, 11) is 0. The van der Waals surface area contributed by atoms with Gasteiger partial charge in [-0.05, 0) is 12.5 Å². The summed E-state index contributed by atoms with van der Waals surface area (Å²) in [5, 5.41) is 8.87. The molecule has 1 fully saturated rings. The number of amides is 1. The van der Waals surface area contributed by atoms with Crippen LogP contribution < -0.4 is 5.73 Å². The lowest BCUT2D eigenvalue weighted by molar-refractivity contribution is -0.141. The van der Waals surface area contributed by atoms with Gasteiger partial charge in [0.25, 0.3) is 5.91 Å². The smallest absolute Gasteiger partial charge is 0.308 e. The summed E-state index contributed by atoms with van der Waals surface area (Å²) < 4.78 is 5.08. The van der Waals surface area contributed by atoms with Crippen molar-refractivity contribution in [3.63, 3.8) is 0 Å². The maximum absolute atomic E-state index is 12.1. The van der Waals surface area contributed by atoms with Crippen molar-refractivity contribution < 1.29 is 19.1 Å². The molecular weight excluding hydrogens is 224 g/mol. The maximum atomic E-state index is 12.1. The number of furan rings is 1. The van der Waals surface area contributed by atoms with Crippen molar-refractivity contribution in [1.82, 2.24) is 4.90 Å². The molecule has 1 aromatic rings. The van der Waals surface area contributed by atoms with E-state index >= 15 is 0 Å². The average Bonchev–Trinajstić information content (AvgIpc) is 2.96. The minimum absolute atomic E-state index is 0.157. The number of nitrogens with zero attached hydrogens (tertiary/aromatic N) is 1. The minimum Gasteiger partial charge on any atom is -0.481 e. The third kappa shape index (κ3) is 2.16. The number of carbonyl (C=O) groups is 2. The van der Waals surface area contributed by atoms with Gasteiger partial charge in [-0.3, -0.25) is 9.59 Å². The zero-order valence-electron chi connectivity index (χ0n) is 9.26. The van der Waals surface area contributed by atoms with Crippen LogP contribution in [-0.4, -0.2) is 35.0 Å². The molecule has 0 aromatic carbocycles. The Morgan fingerprint density at radius 2 is 2.35 bits per heavy atom. The van der Waals surface area contributed by atoms with Crippen molar-refractivity contribution in [1.29, 1.82) is 0 Å². The number of hydrogen-bond acceptors (Lipinski definition) is 4. The van der Waals surface area contributed by atoms with Gasteiger partial charge in [0.2, 0.25) is 0 Å². The number of likely N-dealkylation sites (tertiary alicyclic amines) is 1. The van der Waals surface area contributed by atoms with Crippen LogP contribution in [0.3, 0.4) is 0 Å². The standard InChI is InChI=1S/C11H14N2O4/c12-5-9-8(2-4-17-9)10(14)13-3-1-7(6-13)11(15)16/h2,4,7H,1,3,5-6,12H2,(H,15,16). The van der Waals surface area contributed by atoms with Gasteiger partial charge < -0.3 is 20.2 Å². The van der Waals surface area contributed by atoms with Crippen molar-refractivity contribution in [2.24, 2.45) is 11.7 Å². The molecule has 0 bridgehead atoms. The number of nitrogens with two attached hydrogens (primary N) is 1. The van der Waals surface area contributed by atoms with Crippen molar-refractivity contribution in [2.75, 3.05) is 13.1 Å². The summed E-state index contributed by atoms with van der Waals surface area (Å²) in [4.78, 5) is 24.4. The Morgan fingerprint density at radius 1 is 1.59 bits per heavy atom. The van der Waals surface area contributed by atoms with E-state index in [0.717, 1.165) is 0 Å². The molecule has 3 N–H and O–H groups in total. The monoisotopic (exact) mass is 238 g/mol. The van der Waals surface area contributed by atoms with Gasteiger partial charge in [-0.2, -0.15) is 0 Å². The third-order valence-corrected chi connectivity index (χ3v) is 2.99. The van der Waals surface area contributed by atoms with Gasteiger partial charge in [-0.1, -0.05) is 0 Å². The lowest BCUT2D eigenvalue weighted by Gasteiger charge is -2.15. The van der Waals surface area contributed by atoms with Crippen LogP contribution >= 0.6 is 0 Å². The van der Waals surface area contributed by atoms with Crippen LogP contribution in [0.15, 0.2) is 16.7 Å². The Morgan fingerprint density at radius 3 is 2.94 bits per heavy atom. The fourth-order valence-corrected chi connectivity index (χ4v) is 2.01. The molecule has 1 atom stereocenters. The summed E-state index contributed by atoms with van der Waals surface area (Å²) in [5.41, 5.74) is 5.88. The molecule has 0 saturated carbocycles. The van der Waals surface area contributed by atoms with E-state index in [0.29, 0.717) is 24.3 Å². The van der Waals surface area contributed by atoms with Gasteiger partial charge in [0, 0.05) is 13.1 Å². The second kappa shape index (κ2) is 4.58. The number of carboxylic acid groups (broad SMARTS) is 1. The van der Waals surface area contributed by atoms with Crippen LogP contribution in [0.25, 0.3) is 0 Å². The normalized spacial score (nSPS) is 19.6. The zero-order chi connectivity index (χ0) is 12.4. The van der Waals surface area contributed by atoms with Crippen molar-refractivity contribution in [2.45, 2.75) is 13.0 Å². The van der Waals surface area contributed by atoms with Crippen molar-refractivity contribution in [3.05, 3.63) is 23.7 Å². The van der Waals surface area contributed by atoms with E-state index in [1.807, 2.05) is 0 Å². The molecule has 0 radical (unpaired) electrons. The lowest BCUT2D eigenvalue weighted by Crippen LogP contribution is -2.30. The van der Waals surface area contributed by atoms with E-state index in [9.17, 15) is 9.59 Å². The molecule has 1 aromatic heterocycles. The molecule has 1 amide bonds. The van der Waals surface area contributed by atoms with Crippen LogP contribution in [-0.2, 0) is 11.3 Å². The molecule has 17 heavy (non-hydrogen) atoms. The molecule has 6 nitrogen and oxygen atoms in total. The highest BCUT2D eigenvalue weighted by Gasteiger charge is 2.32. The van der Waals surface area contributed by atoms with E-state index in [1.54, 1.807) is 6.07 Å². The Hall–Kier alpha value is -1.82. The molecule has 2 rings (SSSR count). The first kappa shape index (κ1) is 11.7. The SMILES string of the molecule is NCc1occc1C(=O)N1CCC(C(=O)O)C1. The van der Waals surface area contributed by atoms with Crippen LogP contribution in [0, 0.1) is 5.92 Å². The first-order valence-electron chi connectivity index (χ1n) is 5.42. The number of aliphatic carboxylic acids is 1. The Balaban J connectivity index is 2.09. The molecule has 1 aliphatic heterocycles. The zero-order valence-corrected chi connectivity index (χ0v) is 9.26. The molecule has 1 aliphatic rings. The summed E-state index contributed by atoms with van der Waals surface area (Å²) in [5.74, 6) is -1.09. The van der Waals surface area contributed by atoms with E-state index in [4.69, 9.17) is 15.3 Å². The minimum atomic E-state index is -0.855. The van der Waals surface area contributed by atoms with Gasteiger partial charge >= 0.3 is 5.97 Å². The quantitative estimate of drug-likeness (QED) is 0.788. The lowest BCUT2D eigenvalue weighted by atomic mass is 10.1. The van der Waals surface area contributed by atoms with E-state index < -0.39 is 11.9 Å². The Labute approximate surface area is 98.0 Å². The summed E-state index contributed by atoms with van der Waals surface area (Å²) in [6.45, 7) is 0.874. The first-order valence-corrected chi connectivity index (χ1v) is 5.42. The fraction of sp³-hybridized carbons (Fsp3) is 0.455. The molecule has 0 spiro atoms. The highest BCUT2D eigenvalue weighted by molar-refractivity contribution is 5.95. The largest absolute Gasteiger partial charge is 0.481 e. The maximum Gasteiger partial charge on any atom is 0.308 e. The average molecular weight is 238 g/mol. The number of carbonyl (C=O) groups excluding carboxylic acids is 1. The van der Waals surface area contributed by atoms with E-state index in [2.05, 4.69) is 0 Å². The molecule has 6 heteroatoms. The summed E-state index contributed by atoms with van der Waals surface area (Å²) >= 11 is 0. The van der Waals surface area contributed by atoms with E-state index in [-0.39, 0.29) is 19.0 Å². The van der Waals surface area contributed by atoms with Crippen LogP contribution in [0.1, 0.15) is 22.5 Å².